The van der Waals surface area contributed by atoms with E-state index in [2.05, 4.69) is 32.9 Å². The van der Waals surface area contributed by atoms with Crippen molar-refractivity contribution >= 4 is 27.5 Å². The van der Waals surface area contributed by atoms with E-state index in [1.807, 2.05) is 6.07 Å². The number of rotatable bonds is 3. The van der Waals surface area contributed by atoms with Crippen molar-refractivity contribution < 1.29 is 4.74 Å². The van der Waals surface area contributed by atoms with Crippen LogP contribution in [0.15, 0.2) is 16.7 Å². The topological polar surface area (TPSA) is 25.4 Å². The molecule has 5 heteroatoms. The van der Waals surface area contributed by atoms with Crippen molar-refractivity contribution in [2.45, 2.75) is 6.42 Å². The first-order chi connectivity index (χ1) is 7.65. The molecule has 0 amide bonds. The maximum atomic E-state index is 5.81. The van der Waals surface area contributed by atoms with Crippen LogP contribution >= 0.6 is 27.5 Å². The molecule has 0 N–H and O–H groups in total. The molecule has 0 aromatic carbocycles. The molecule has 0 spiro atoms. The second kappa shape index (κ2) is 5.34. The lowest BCUT2D eigenvalue weighted by molar-refractivity contribution is 0.248. The third-order valence-electron chi connectivity index (χ3n) is 2.75. The molecule has 2 heterocycles. The predicted octanol–water partition coefficient (Wildman–Crippen LogP) is 2.83. The predicted molar refractivity (Wildman–Crippen MR) is 68.0 cm³/mol. The fourth-order valence-electron chi connectivity index (χ4n) is 1.86. The number of pyridine rings is 1. The molecule has 1 aromatic heterocycles. The van der Waals surface area contributed by atoms with E-state index in [-0.39, 0.29) is 0 Å². The van der Waals surface area contributed by atoms with Crippen LogP contribution in [0.4, 0.5) is 0 Å². The van der Waals surface area contributed by atoms with Gasteiger partial charge in [0, 0.05) is 12.5 Å². The van der Waals surface area contributed by atoms with Gasteiger partial charge in [0.1, 0.15) is 10.9 Å². The smallest absolute Gasteiger partial charge is 0.143 e. The van der Waals surface area contributed by atoms with E-state index < -0.39 is 0 Å². The Hall–Kier alpha value is -0.320. The molecule has 1 atom stereocenters. The zero-order valence-electron chi connectivity index (χ0n) is 9.12. The van der Waals surface area contributed by atoms with Gasteiger partial charge in [0.2, 0.25) is 0 Å². The van der Waals surface area contributed by atoms with Crippen molar-refractivity contribution in [1.29, 1.82) is 0 Å². The second-order valence-electron chi connectivity index (χ2n) is 4.17. The van der Waals surface area contributed by atoms with Crippen LogP contribution in [-0.2, 0) is 0 Å². The molecule has 1 saturated heterocycles. The molecule has 1 fully saturated rings. The highest BCUT2D eigenvalue weighted by molar-refractivity contribution is 9.10. The molecule has 1 unspecified atom stereocenters. The maximum absolute atomic E-state index is 5.81. The van der Waals surface area contributed by atoms with Crippen LogP contribution in [0, 0.1) is 5.92 Å². The summed E-state index contributed by atoms with van der Waals surface area (Å²) < 4.78 is 6.47. The van der Waals surface area contributed by atoms with Crippen LogP contribution in [0.1, 0.15) is 6.42 Å². The minimum absolute atomic E-state index is 0.466. The summed E-state index contributed by atoms with van der Waals surface area (Å²) >= 11 is 9.13. The summed E-state index contributed by atoms with van der Waals surface area (Å²) in [4.78, 5) is 6.35. The van der Waals surface area contributed by atoms with E-state index in [9.17, 15) is 0 Å². The zero-order valence-corrected chi connectivity index (χ0v) is 11.5. The zero-order chi connectivity index (χ0) is 11.5. The third kappa shape index (κ3) is 3.09. The number of likely N-dealkylation sites (tertiary alicyclic amines) is 1. The van der Waals surface area contributed by atoms with Gasteiger partial charge in [0.25, 0.3) is 0 Å². The van der Waals surface area contributed by atoms with Crippen LogP contribution in [0.5, 0.6) is 5.75 Å². The lowest BCUT2D eigenvalue weighted by Gasteiger charge is -2.12. The molecule has 3 nitrogen and oxygen atoms in total. The molecule has 0 saturated carbocycles. The summed E-state index contributed by atoms with van der Waals surface area (Å²) in [6, 6.07) is 1.86. The normalized spacial score (nSPS) is 21.3. The summed E-state index contributed by atoms with van der Waals surface area (Å²) in [7, 11) is 2.14. The van der Waals surface area contributed by atoms with Crippen LogP contribution in [0.2, 0.25) is 5.15 Å². The van der Waals surface area contributed by atoms with E-state index >= 15 is 0 Å². The minimum Gasteiger partial charge on any atom is -0.492 e. The number of hydrogen-bond acceptors (Lipinski definition) is 3. The molecular formula is C11H14BrClN2O. The van der Waals surface area contributed by atoms with E-state index in [4.69, 9.17) is 16.3 Å². The standard InChI is InChI=1S/C11H14BrClN2O/c1-15-3-2-8(6-15)7-16-9-4-10(12)11(13)14-5-9/h4-5,8H,2-3,6-7H2,1H3. The van der Waals surface area contributed by atoms with Gasteiger partial charge in [0.05, 0.1) is 17.3 Å². The Morgan fingerprint density at radius 2 is 2.50 bits per heavy atom. The molecule has 1 aromatic rings. The van der Waals surface area contributed by atoms with Crippen molar-refractivity contribution in [2.75, 3.05) is 26.7 Å². The maximum Gasteiger partial charge on any atom is 0.143 e. The summed E-state index contributed by atoms with van der Waals surface area (Å²) in [5.74, 6) is 1.39. The van der Waals surface area contributed by atoms with Crippen molar-refractivity contribution in [3.05, 3.63) is 21.9 Å². The molecule has 88 valence electrons. The molecule has 16 heavy (non-hydrogen) atoms. The van der Waals surface area contributed by atoms with Gasteiger partial charge >= 0.3 is 0 Å². The fourth-order valence-corrected chi connectivity index (χ4v) is 2.29. The van der Waals surface area contributed by atoms with Crippen molar-refractivity contribution in [2.24, 2.45) is 5.92 Å². The van der Waals surface area contributed by atoms with Crippen molar-refractivity contribution in [3.8, 4) is 5.75 Å². The summed E-state index contributed by atoms with van der Waals surface area (Å²) in [5.41, 5.74) is 0. The SMILES string of the molecule is CN1CCC(COc2cnc(Cl)c(Br)c2)C1. The second-order valence-corrected chi connectivity index (χ2v) is 5.38. The first-order valence-corrected chi connectivity index (χ1v) is 6.44. The van der Waals surface area contributed by atoms with E-state index in [1.54, 1.807) is 6.20 Å². The van der Waals surface area contributed by atoms with Crippen LogP contribution in [-0.4, -0.2) is 36.6 Å². The Bertz CT molecular complexity index is 375. The first kappa shape index (κ1) is 12.1. The molecule has 1 aliphatic heterocycles. The average molecular weight is 306 g/mol. The number of hydrogen-bond donors (Lipinski definition) is 0. The highest BCUT2D eigenvalue weighted by atomic mass is 79.9. The minimum atomic E-state index is 0.466. The highest BCUT2D eigenvalue weighted by Gasteiger charge is 2.19. The van der Waals surface area contributed by atoms with E-state index in [0.717, 1.165) is 29.9 Å². The number of halogens is 2. The summed E-state index contributed by atoms with van der Waals surface area (Å²) in [6.07, 6.45) is 2.87. The number of ether oxygens (including phenoxy) is 1. The average Bonchev–Trinajstić information content (AvgIpc) is 2.66. The monoisotopic (exact) mass is 304 g/mol. The Balaban J connectivity index is 1.87. The summed E-state index contributed by atoms with van der Waals surface area (Å²) in [5, 5.41) is 0.466. The third-order valence-corrected chi connectivity index (χ3v) is 3.88. The van der Waals surface area contributed by atoms with Gasteiger partial charge in [-0.3, -0.25) is 0 Å². The molecule has 1 aliphatic rings. The number of aromatic nitrogens is 1. The van der Waals surface area contributed by atoms with Gasteiger partial charge in [-0.2, -0.15) is 0 Å². The Morgan fingerprint density at radius 3 is 3.12 bits per heavy atom. The van der Waals surface area contributed by atoms with Gasteiger partial charge in [0.15, 0.2) is 0 Å². The molecule has 0 bridgehead atoms. The largest absolute Gasteiger partial charge is 0.492 e. The van der Waals surface area contributed by atoms with Gasteiger partial charge in [-0.05, 0) is 42.0 Å². The van der Waals surface area contributed by atoms with Gasteiger partial charge < -0.3 is 9.64 Å². The quantitative estimate of drug-likeness (QED) is 0.803. The summed E-state index contributed by atoms with van der Waals surface area (Å²) in [6.45, 7) is 3.03. The van der Waals surface area contributed by atoms with Crippen molar-refractivity contribution in [3.63, 3.8) is 0 Å². The Kier molecular flexibility index (Phi) is 4.05. The molecule has 2 rings (SSSR count). The molecule has 0 aliphatic carbocycles. The van der Waals surface area contributed by atoms with Crippen LogP contribution in [0.3, 0.4) is 0 Å². The first-order valence-electron chi connectivity index (χ1n) is 5.27. The van der Waals surface area contributed by atoms with E-state index in [1.165, 1.54) is 6.42 Å². The van der Waals surface area contributed by atoms with Crippen LogP contribution in [0.25, 0.3) is 0 Å². The van der Waals surface area contributed by atoms with Gasteiger partial charge in [-0.1, -0.05) is 11.6 Å². The lowest BCUT2D eigenvalue weighted by Crippen LogP contribution is -2.17. The molecule has 0 radical (unpaired) electrons. The fraction of sp³-hybridized carbons (Fsp3) is 0.545. The van der Waals surface area contributed by atoms with Crippen molar-refractivity contribution in [1.82, 2.24) is 9.88 Å². The van der Waals surface area contributed by atoms with Gasteiger partial charge in [-0.15, -0.1) is 0 Å². The highest BCUT2D eigenvalue weighted by Crippen LogP contribution is 2.25. The van der Waals surface area contributed by atoms with E-state index in [0.29, 0.717) is 11.1 Å². The Morgan fingerprint density at radius 1 is 1.69 bits per heavy atom. The molecular weight excluding hydrogens is 291 g/mol. The number of nitrogens with zero attached hydrogens (tertiary/aromatic N) is 2. The Labute approximate surface area is 109 Å². The van der Waals surface area contributed by atoms with Crippen LogP contribution < -0.4 is 4.74 Å². The lowest BCUT2D eigenvalue weighted by atomic mass is 10.1. The van der Waals surface area contributed by atoms with Gasteiger partial charge in [-0.25, -0.2) is 4.98 Å².